The second kappa shape index (κ2) is 11.4. The zero-order valence-corrected chi connectivity index (χ0v) is 18.9. The smallest absolute Gasteiger partial charge is 0.287 e. The maximum absolute atomic E-state index is 13.4. The van der Waals surface area contributed by atoms with Crippen LogP contribution in [0.1, 0.15) is 53.6 Å². The third-order valence-electron chi connectivity index (χ3n) is 6.02. The summed E-state index contributed by atoms with van der Waals surface area (Å²) in [6, 6.07) is 15.4. The fourth-order valence-corrected chi connectivity index (χ4v) is 4.27. The van der Waals surface area contributed by atoms with Gasteiger partial charge in [0.05, 0.1) is 19.1 Å². The van der Waals surface area contributed by atoms with Crippen molar-refractivity contribution in [2.75, 3.05) is 13.1 Å². The Bertz CT molecular complexity index is 1060. The number of benzene rings is 1. The lowest BCUT2D eigenvalue weighted by Crippen LogP contribution is -2.49. The van der Waals surface area contributed by atoms with Crippen molar-refractivity contribution in [1.29, 1.82) is 0 Å². The fourth-order valence-electron chi connectivity index (χ4n) is 4.27. The first-order valence-electron chi connectivity index (χ1n) is 11.6. The molecule has 0 unspecified atom stereocenters. The fraction of sp³-hybridized carbons (Fsp3) is 0.346. The summed E-state index contributed by atoms with van der Waals surface area (Å²) in [4.78, 5) is 40.6. The van der Waals surface area contributed by atoms with Gasteiger partial charge in [-0.3, -0.25) is 14.4 Å². The van der Waals surface area contributed by atoms with Gasteiger partial charge in [0.25, 0.3) is 11.8 Å². The van der Waals surface area contributed by atoms with Gasteiger partial charge < -0.3 is 24.4 Å². The molecule has 4 rings (SSSR count). The predicted octanol–water partition coefficient (Wildman–Crippen LogP) is 3.47. The van der Waals surface area contributed by atoms with Crippen LogP contribution in [0.4, 0.5) is 0 Å². The Morgan fingerprint density at radius 1 is 0.941 bits per heavy atom. The summed E-state index contributed by atoms with van der Waals surface area (Å²) < 4.78 is 10.7. The van der Waals surface area contributed by atoms with E-state index in [-0.39, 0.29) is 36.7 Å². The van der Waals surface area contributed by atoms with E-state index in [0.717, 1.165) is 31.2 Å². The average molecular weight is 464 g/mol. The minimum atomic E-state index is -0.938. The van der Waals surface area contributed by atoms with E-state index >= 15 is 0 Å². The minimum Gasteiger partial charge on any atom is -0.467 e. The second-order valence-corrected chi connectivity index (χ2v) is 8.39. The number of amides is 3. The molecule has 0 saturated heterocycles. The molecule has 0 radical (unpaired) electrons. The highest BCUT2D eigenvalue weighted by atomic mass is 16.3. The Morgan fingerprint density at radius 3 is 2.35 bits per heavy atom. The summed E-state index contributed by atoms with van der Waals surface area (Å²) in [6.07, 6.45) is 7.43. The van der Waals surface area contributed by atoms with Crippen LogP contribution in [0.3, 0.4) is 0 Å². The zero-order valence-electron chi connectivity index (χ0n) is 18.9. The number of rotatable bonds is 10. The molecular weight excluding hydrogens is 434 g/mol. The lowest BCUT2D eigenvalue weighted by atomic mass is 10.1. The van der Waals surface area contributed by atoms with Gasteiger partial charge in [-0.05, 0) is 49.1 Å². The molecule has 2 heterocycles. The molecule has 0 bridgehead atoms. The molecule has 1 fully saturated rings. The molecule has 1 saturated carbocycles. The van der Waals surface area contributed by atoms with Crippen molar-refractivity contribution in [3.05, 3.63) is 84.2 Å². The van der Waals surface area contributed by atoms with E-state index in [0.29, 0.717) is 12.2 Å². The lowest BCUT2D eigenvalue weighted by molar-refractivity contribution is -0.141. The summed E-state index contributed by atoms with van der Waals surface area (Å²) in [5.74, 6) is -0.662. The Morgan fingerprint density at radius 2 is 1.68 bits per heavy atom. The van der Waals surface area contributed by atoms with Crippen LogP contribution in [0.15, 0.2) is 76.0 Å². The summed E-state index contributed by atoms with van der Waals surface area (Å²) >= 11 is 0. The molecule has 8 nitrogen and oxygen atoms in total. The van der Waals surface area contributed by atoms with Crippen LogP contribution < -0.4 is 10.6 Å². The van der Waals surface area contributed by atoms with Crippen molar-refractivity contribution in [1.82, 2.24) is 15.5 Å². The second-order valence-electron chi connectivity index (χ2n) is 8.39. The van der Waals surface area contributed by atoms with Gasteiger partial charge in [0, 0.05) is 12.6 Å². The SMILES string of the molecule is O=C(NCC(=O)N(CCc1ccccc1)[C@@H](C(=O)NC1CCCC1)c1ccco1)c1ccco1. The molecule has 1 aromatic carbocycles. The Kier molecular flexibility index (Phi) is 7.80. The summed E-state index contributed by atoms with van der Waals surface area (Å²) in [5, 5.41) is 5.68. The molecule has 3 aromatic rings. The lowest BCUT2D eigenvalue weighted by Gasteiger charge is -2.31. The minimum absolute atomic E-state index is 0.0923. The maximum atomic E-state index is 13.4. The number of furan rings is 2. The predicted molar refractivity (Wildman–Crippen MR) is 125 cm³/mol. The number of carbonyl (C=O) groups is 3. The van der Waals surface area contributed by atoms with Gasteiger partial charge in [-0.1, -0.05) is 43.2 Å². The summed E-state index contributed by atoms with van der Waals surface area (Å²) in [6.45, 7) is 0.00512. The van der Waals surface area contributed by atoms with Crippen molar-refractivity contribution >= 4 is 17.7 Å². The van der Waals surface area contributed by atoms with Crippen LogP contribution in [0.25, 0.3) is 0 Å². The van der Waals surface area contributed by atoms with Crippen LogP contribution in [-0.2, 0) is 16.0 Å². The highest BCUT2D eigenvalue weighted by Gasteiger charge is 2.35. The van der Waals surface area contributed by atoms with E-state index in [1.165, 1.54) is 23.5 Å². The van der Waals surface area contributed by atoms with Crippen molar-refractivity contribution in [3.63, 3.8) is 0 Å². The molecule has 1 aliphatic carbocycles. The van der Waals surface area contributed by atoms with Crippen LogP contribution in [0, 0.1) is 0 Å². The van der Waals surface area contributed by atoms with Gasteiger partial charge in [-0.15, -0.1) is 0 Å². The molecule has 0 aliphatic heterocycles. The number of hydrogen-bond acceptors (Lipinski definition) is 5. The molecule has 1 atom stereocenters. The first-order valence-corrected chi connectivity index (χ1v) is 11.6. The third kappa shape index (κ3) is 5.95. The highest BCUT2D eigenvalue weighted by Crippen LogP contribution is 2.25. The van der Waals surface area contributed by atoms with Crippen LogP contribution >= 0.6 is 0 Å². The van der Waals surface area contributed by atoms with Gasteiger partial charge in [0.2, 0.25) is 5.91 Å². The monoisotopic (exact) mass is 463 g/mol. The molecule has 8 heteroatoms. The molecular formula is C26H29N3O5. The van der Waals surface area contributed by atoms with Crippen LogP contribution in [0.5, 0.6) is 0 Å². The van der Waals surface area contributed by atoms with E-state index in [4.69, 9.17) is 8.83 Å². The largest absolute Gasteiger partial charge is 0.467 e. The molecule has 3 amide bonds. The first-order chi connectivity index (χ1) is 16.6. The van der Waals surface area contributed by atoms with Crippen LogP contribution in [0.2, 0.25) is 0 Å². The number of nitrogens with zero attached hydrogens (tertiary/aromatic N) is 1. The third-order valence-corrected chi connectivity index (χ3v) is 6.02. The average Bonchev–Trinajstić information content (AvgIpc) is 3.64. The first kappa shape index (κ1) is 23.4. The Labute approximate surface area is 198 Å². The number of hydrogen-bond donors (Lipinski definition) is 2. The van der Waals surface area contributed by atoms with Crippen molar-refractivity contribution in [3.8, 4) is 0 Å². The normalized spacial score (nSPS) is 14.5. The van der Waals surface area contributed by atoms with E-state index in [1.54, 1.807) is 18.2 Å². The molecule has 34 heavy (non-hydrogen) atoms. The highest BCUT2D eigenvalue weighted by molar-refractivity contribution is 5.95. The maximum Gasteiger partial charge on any atom is 0.287 e. The topological polar surface area (TPSA) is 105 Å². The summed E-state index contributed by atoms with van der Waals surface area (Å²) in [5.41, 5.74) is 1.04. The van der Waals surface area contributed by atoms with Crippen molar-refractivity contribution < 1.29 is 23.2 Å². The van der Waals surface area contributed by atoms with Crippen molar-refractivity contribution in [2.45, 2.75) is 44.2 Å². The summed E-state index contributed by atoms with van der Waals surface area (Å²) in [7, 11) is 0. The van der Waals surface area contributed by atoms with Gasteiger partial charge in [-0.25, -0.2) is 0 Å². The number of nitrogens with one attached hydrogen (secondary N) is 2. The zero-order chi connectivity index (χ0) is 23.8. The van der Waals surface area contributed by atoms with Gasteiger partial charge >= 0.3 is 0 Å². The molecule has 1 aliphatic rings. The quantitative estimate of drug-likeness (QED) is 0.479. The van der Waals surface area contributed by atoms with Crippen molar-refractivity contribution in [2.24, 2.45) is 0 Å². The van der Waals surface area contributed by atoms with E-state index in [1.807, 2.05) is 30.3 Å². The molecule has 2 aromatic heterocycles. The van der Waals surface area contributed by atoms with Gasteiger partial charge in [-0.2, -0.15) is 0 Å². The number of carbonyl (C=O) groups excluding carboxylic acids is 3. The Hall–Kier alpha value is -3.81. The van der Waals surface area contributed by atoms with Gasteiger partial charge in [0.1, 0.15) is 5.76 Å². The molecule has 0 spiro atoms. The van der Waals surface area contributed by atoms with E-state index in [9.17, 15) is 14.4 Å². The van der Waals surface area contributed by atoms with Gasteiger partial charge in [0.15, 0.2) is 11.8 Å². The van der Waals surface area contributed by atoms with E-state index < -0.39 is 11.9 Å². The Balaban J connectivity index is 1.54. The molecule has 2 N–H and O–H groups in total. The standard InChI is InChI=1S/C26H29N3O5/c30-23(18-27-25(31)22-13-7-17-34-22)29(15-14-19-8-2-1-3-9-19)24(21-12-6-16-33-21)26(32)28-20-10-4-5-11-20/h1-3,6-9,12-13,16-17,20,24H,4-5,10-11,14-15,18H2,(H,27,31)(H,28,32)/t24-/m1/s1. The van der Waals surface area contributed by atoms with E-state index in [2.05, 4.69) is 10.6 Å². The van der Waals surface area contributed by atoms with Crippen LogP contribution in [-0.4, -0.2) is 41.8 Å². The molecule has 178 valence electrons.